The van der Waals surface area contributed by atoms with Gasteiger partial charge >= 0.3 is 0 Å². The van der Waals surface area contributed by atoms with Gasteiger partial charge in [0.2, 0.25) is 0 Å². The summed E-state index contributed by atoms with van der Waals surface area (Å²) in [5.74, 6) is 1.13. The molecule has 2 aromatic rings. The molecule has 0 saturated heterocycles. The van der Waals surface area contributed by atoms with E-state index < -0.39 is 0 Å². The second-order valence-corrected chi connectivity index (χ2v) is 3.65. The van der Waals surface area contributed by atoms with E-state index >= 15 is 0 Å². The molecule has 2 bridgehead atoms. The maximum Gasteiger partial charge on any atom is 0.150 e. The summed E-state index contributed by atoms with van der Waals surface area (Å²) >= 11 is 0. The van der Waals surface area contributed by atoms with Crippen LogP contribution in [0.5, 0.6) is 11.5 Å². The molecule has 0 atom stereocenters. The van der Waals surface area contributed by atoms with Gasteiger partial charge in [0.25, 0.3) is 0 Å². The number of benzene rings is 2. The highest BCUT2D eigenvalue weighted by Crippen LogP contribution is 2.20. The number of fused-ring (bicyclic) bond motifs is 2. The second-order valence-electron chi connectivity index (χ2n) is 3.65. The van der Waals surface area contributed by atoms with Crippen LogP contribution in [0, 0.1) is 0 Å². The fraction of sp³-hybridized carbons (Fsp3) is 0.0714. The molecule has 17 heavy (non-hydrogen) atoms. The van der Waals surface area contributed by atoms with Gasteiger partial charge < -0.3 is 9.84 Å². The fourth-order valence-corrected chi connectivity index (χ4v) is 1.49. The number of aldehydes is 1. The summed E-state index contributed by atoms with van der Waals surface area (Å²) in [6, 6.07) is 14.3. The standard InChI is InChI=1S/C7H6O2.C7H6O/c8-5-6-2-1-3-7(9)4-6;1-2-6-4-7(3-1)8-5-6/h1-5,9H;1-4H,5H2. The van der Waals surface area contributed by atoms with E-state index in [0.29, 0.717) is 11.8 Å². The Bertz CT molecular complexity index is 501. The highest BCUT2D eigenvalue weighted by Gasteiger charge is 2.03. The molecule has 0 amide bonds. The number of phenols is 1. The third-order valence-electron chi connectivity index (χ3n) is 2.31. The summed E-state index contributed by atoms with van der Waals surface area (Å²) in [6.45, 7) is 0.766. The Morgan fingerprint density at radius 3 is 2.53 bits per heavy atom. The number of hydrogen-bond acceptors (Lipinski definition) is 3. The van der Waals surface area contributed by atoms with Crippen LogP contribution in [0.2, 0.25) is 0 Å². The van der Waals surface area contributed by atoms with Crippen LogP contribution >= 0.6 is 0 Å². The monoisotopic (exact) mass is 228 g/mol. The predicted molar refractivity (Wildman–Crippen MR) is 64.3 cm³/mol. The first kappa shape index (κ1) is 11.2. The van der Waals surface area contributed by atoms with Crippen LogP contribution in [0.15, 0.2) is 48.5 Å². The van der Waals surface area contributed by atoms with Crippen molar-refractivity contribution in [1.29, 1.82) is 0 Å². The van der Waals surface area contributed by atoms with Crippen molar-refractivity contribution in [3.63, 3.8) is 0 Å². The summed E-state index contributed by atoms with van der Waals surface area (Å²) < 4.78 is 5.18. The van der Waals surface area contributed by atoms with E-state index in [2.05, 4.69) is 12.1 Å². The average Bonchev–Trinajstić information content (AvgIpc) is 2.69. The fourth-order valence-electron chi connectivity index (χ4n) is 1.49. The van der Waals surface area contributed by atoms with Crippen LogP contribution in [0.25, 0.3) is 0 Å². The lowest BCUT2D eigenvalue weighted by molar-refractivity contribution is 0.112. The molecule has 1 heterocycles. The minimum atomic E-state index is 0.125. The molecule has 3 heteroatoms. The van der Waals surface area contributed by atoms with Crippen molar-refractivity contribution in [2.75, 3.05) is 0 Å². The maximum absolute atomic E-state index is 10.0. The van der Waals surface area contributed by atoms with Crippen molar-refractivity contribution < 1.29 is 14.6 Å². The Kier molecular flexibility index (Phi) is 3.40. The van der Waals surface area contributed by atoms with Crippen LogP contribution in [0.3, 0.4) is 0 Å². The van der Waals surface area contributed by atoms with Crippen LogP contribution in [0.4, 0.5) is 0 Å². The summed E-state index contributed by atoms with van der Waals surface area (Å²) in [5.41, 5.74) is 1.78. The quantitative estimate of drug-likeness (QED) is 0.763. The van der Waals surface area contributed by atoms with Crippen molar-refractivity contribution in [3.8, 4) is 11.5 Å². The Morgan fingerprint density at radius 2 is 1.94 bits per heavy atom. The van der Waals surface area contributed by atoms with Crippen LogP contribution in [-0.2, 0) is 6.61 Å². The van der Waals surface area contributed by atoms with Gasteiger partial charge in [0.15, 0.2) is 0 Å². The molecule has 1 aliphatic heterocycles. The van der Waals surface area contributed by atoms with Crippen molar-refractivity contribution >= 4 is 6.29 Å². The lowest BCUT2D eigenvalue weighted by atomic mass is 10.2. The average molecular weight is 228 g/mol. The first-order valence-electron chi connectivity index (χ1n) is 5.24. The molecule has 2 aromatic carbocycles. The summed E-state index contributed by atoms with van der Waals surface area (Å²) in [4.78, 5) is 10.0. The lowest BCUT2D eigenvalue weighted by Crippen LogP contribution is -1.80. The minimum absolute atomic E-state index is 0.125. The van der Waals surface area contributed by atoms with Gasteiger partial charge in [-0.3, -0.25) is 4.79 Å². The molecule has 0 aliphatic carbocycles. The summed E-state index contributed by atoms with van der Waals surface area (Å²) in [7, 11) is 0. The molecule has 0 aromatic heterocycles. The third kappa shape index (κ3) is 3.08. The molecular weight excluding hydrogens is 216 g/mol. The van der Waals surface area contributed by atoms with Crippen LogP contribution in [0.1, 0.15) is 15.9 Å². The minimum Gasteiger partial charge on any atom is -0.508 e. The number of carbonyl (C=O) groups excluding carboxylic acids is 1. The predicted octanol–water partition coefficient (Wildman–Crippen LogP) is 2.78. The first-order valence-corrected chi connectivity index (χ1v) is 5.24. The smallest absolute Gasteiger partial charge is 0.150 e. The first-order chi connectivity index (χ1) is 8.28. The molecule has 0 saturated carbocycles. The van der Waals surface area contributed by atoms with Crippen molar-refractivity contribution in [3.05, 3.63) is 59.7 Å². The highest BCUT2D eigenvalue weighted by molar-refractivity contribution is 5.75. The molecule has 0 fully saturated rings. The second kappa shape index (κ2) is 5.16. The van der Waals surface area contributed by atoms with Crippen molar-refractivity contribution in [2.45, 2.75) is 6.61 Å². The Balaban J connectivity index is 0.000000127. The topological polar surface area (TPSA) is 46.5 Å². The highest BCUT2D eigenvalue weighted by atomic mass is 16.5. The molecule has 0 radical (unpaired) electrons. The van der Waals surface area contributed by atoms with Gasteiger partial charge in [0, 0.05) is 5.56 Å². The van der Waals surface area contributed by atoms with Crippen LogP contribution in [-0.4, -0.2) is 11.4 Å². The third-order valence-corrected chi connectivity index (χ3v) is 2.31. The van der Waals surface area contributed by atoms with Gasteiger partial charge in [-0.05, 0) is 29.8 Å². The van der Waals surface area contributed by atoms with E-state index in [1.807, 2.05) is 12.1 Å². The molecule has 1 aliphatic rings. The van der Waals surface area contributed by atoms with Gasteiger partial charge in [0.1, 0.15) is 24.4 Å². The van der Waals surface area contributed by atoms with E-state index in [-0.39, 0.29) is 5.75 Å². The molecular formula is C14H12O3. The van der Waals surface area contributed by atoms with E-state index in [4.69, 9.17) is 9.84 Å². The molecule has 3 nitrogen and oxygen atoms in total. The van der Waals surface area contributed by atoms with E-state index in [9.17, 15) is 4.79 Å². The molecule has 86 valence electrons. The Hall–Kier alpha value is -2.29. The van der Waals surface area contributed by atoms with Gasteiger partial charge in [-0.1, -0.05) is 24.3 Å². The number of rotatable bonds is 1. The van der Waals surface area contributed by atoms with Crippen LogP contribution < -0.4 is 4.74 Å². The van der Waals surface area contributed by atoms with Gasteiger partial charge in [0.05, 0.1) is 0 Å². The van der Waals surface area contributed by atoms with Gasteiger partial charge in [-0.15, -0.1) is 0 Å². The van der Waals surface area contributed by atoms with Crippen molar-refractivity contribution in [1.82, 2.24) is 0 Å². The van der Waals surface area contributed by atoms with Crippen molar-refractivity contribution in [2.24, 2.45) is 0 Å². The Morgan fingerprint density at radius 1 is 1.12 bits per heavy atom. The summed E-state index contributed by atoms with van der Waals surface area (Å²) in [6.07, 6.45) is 0.694. The SMILES string of the molecule is O=Cc1cccc(O)c1.c1cc2cc(c1)OC2. The van der Waals surface area contributed by atoms with E-state index in [1.54, 1.807) is 12.1 Å². The number of phenolic OH excluding ortho intramolecular Hbond substituents is 1. The number of hydrogen-bond donors (Lipinski definition) is 1. The zero-order valence-electron chi connectivity index (χ0n) is 9.17. The number of carbonyl (C=O) groups is 1. The maximum atomic E-state index is 10.0. The van der Waals surface area contributed by atoms with Gasteiger partial charge in [-0.25, -0.2) is 0 Å². The Labute approximate surface area is 99.3 Å². The van der Waals surface area contributed by atoms with E-state index in [0.717, 1.165) is 12.4 Å². The lowest BCUT2D eigenvalue weighted by Gasteiger charge is -1.89. The van der Waals surface area contributed by atoms with Gasteiger partial charge in [-0.2, -0.15) is 0 Å². The molecule has 1 N–H and O–H groups in total. The number of ether oxygens (including phenoxy) is 1. The zero-order valence-corrected chi connectivity index (χ0v) is 9.17. The molecule has 0 unspecified atom stereocenters. The molecule has 0 spiro atoms. The normalized spacial score (nSPS) is 11.1. The molecule has 3 rings (SSSR count). The largest absolute Gasteiger partial charge is 0.508 e. The number of aromatic hydroxyl groups is 1. The summed E-state index contributed by atoms with van der Waals surface area (Å²) in [5, 5.41) is 8.79. The van der Waals surface area contributed by atoms with E-state index in [1.165, 1.54) is 17.7 Å². The zero-order chi connectivity index (χ0) is 12.1.